The lowest BCUT2D eigenvalue weighted by Gasteiger charge is -2.39. The Hall–Kier alpha value is -0.320. The third kappa shape index (κ3) is 3.59. The molecule has 18 heavy (non-hydrogen) atoms. The Kier molecular flexibility index (Phi) is 6.39. The van der Waals surface area contributed by atoms with Crippen LogP contribution in [-0.2, 0) is 9.53 Å². The van der Waals surface area contributed by atoms with E-state index in [9.17, 15) is 4.79 Å². The molecule has 2 N–H and O–H groups in total. The highest BCUT2D eigenvalue weighted by molar-refractivity contribution is 5.85. The Balaban J connectivity index is 0.00000162. The maximum absolute atomic E-state index is 12.2. The van der Waals surface area contributed by atoms with Crippen LogP contribution >= 0.6 is 12.4 Å². The molecule has 2 fully saturated rings. The summed E-state index contributed by atoms with van der Waals surface area (Å²) in [7, 11) is 1.74. The fourth-order valence-electron chi connectivity index (χ4n) is 2.84. The van der Waals surface area contributed by atoms with Crippen LogP contribution in [0.15, 0.2) is 0 Å². The highest BCUT2D eigenvalue weighted by atomic mass is 35.5. The number of carbonyl (C=O) groups excluding carboxylic acids is 1. The molecule has 2 atom stereocenters. The molecule has 1 aliphatic carbocycles. The predicted molar refractivity (Wildman–Crippen MR) is 73.8 cm³/mol. The first-order valence-electron chi connectivity index (χ1n) is 6.77. The fraction of sp³-hybridized carbons (Fsp3) is 0.923. The number of ether oxygens (including phenoxy) is 1. The number of methoxy groups -OCH3 is 1. The highest BCUT2D eigenvalue weighted by Crippen LogP contribution is 2.31. The van der Waals surface area contributed by atoms with E-state index in [1.807, 2.05) is 4.90 Å². The van der Waals surface area contributed by atoms with Crippen molar-refractivity contribution in [3.63, 3.8) is 0 Å². The molecule has 5 heteroatoms. The van der Waals surface area contributed by atoms with Gasteiger partial charge in [-0.25, -0.2) is 0 Å². The highest BCUT2D eigenvalue weighted by Gasteiger charge is 2.32. The van der Waals surface area contributed by atoms with Crippen molar-refractivity contribution in [3.8, 4) is 0 Å². The van der Waals surface area contributed by atoms with Gasteiger partial charge in [-0.05, 0) is 31.6 Å². The molecule has 0 aromatic heterocycles. The molecule has 1 saturated heterocycles. The van der Waals surface area contributed by atoms with Crippen molar-refractivity contribution in [2.45, 2.75) is 50.7 Å². The van der Waals surface area contributed by atoms with Crippen molar-refractivity contribution in [2.24, 2.45) is 11.7 Å². The van der Waals surface area contributed by atoms with E-state index in [2.05, 4.69) is 0 Å². The fourth-order valence-corrected chi connectivity index (χ4v) is 2.84. The molecular weight excluding hydrogens is 252 g/mol. The lowest BCUT2D eigenvalue weighted by Crippen LogP contribution is -2.51. The Morgan fingerprint density at radius 3 is 2.61 bits per heavy atom. The first-order chi connectivity index (χ1) is 8.24. The van der Waals surface area contributed by atoms with Crippen LogP contribution in [0.2, 0.25) is 0 Å². The van der Waals surface area contributed by atoms with Gasteiger partial charge in [0.1, 0.15) is 0 Å². The number of rotatable bonds is 4. The van der Waals surface area contributed by atoms with Crippen LogP contribution in [0.3, 0.4) is 0 Å². The standard InChI is InChI=1S/C13H24N2O2.ClH/c1-17-12-5-6-15(11(8-12)9-14)13(16)7-10-3-2-4-10;/h10-12H,2-9,14H2,1H3;1H. The second-order valence-electron chi connectivity index (χ2n) is 5.36. The molecule has 4 nitrogen and oxygen atoms in total. The number of likely N-dealkylation sites (tertiary alicyclic amines) is 1. The van der Waals surface area contributed by atoms with E-state index in [0.717, 1.165) is 25.8 Å². The molecular formula is C13H25ClN2O2. The summed E-state index contributed by atoms with van der Waals surface area (Å²) >= 11 is 0. The van der Waals surface area contributed by atoms with Crippen LogP contribution in [0, 0.1) is 5.92 Å². The summed E-state index contributed by atoms with van der Waals surface area (Å²) in [5.74, 6) is 0.945. The molecule has 106 valence electrons. The van der Waals surface area contributed by atoms with Gasteiger partial charge < -0.3 is 15.4 Å². The maximum Gasteiger partial charge on any atom is 0.223 e. The van der Waals surface area contributed by atoms with Crippen molar-refractivity contribution >= 4 is 18.3 Å². The lowest BCUT2D eigenvalue weighted by atomic mass is 9.82. The number of carbonyl (C=O) groups is 1. The second kappa shape index (κ2) is 7.31. The summed E-state index contributed by atoms with van der Waals surface area (Å²) in [5, 5.41) is 0. The van der Waals surface area contributed by atoms with Crippen molar-refractivity contribution in [1.29, 1.82) is 0 Å². The van der Waals surface area contributed by atoms with Gasteiger partial charge >= 0.3 is 0 Å². The molecule has 0 bridgehead atoms. The summed E-state index contributed by atoms with van der Waals surface area (Å²) in [6.07, 6.45) is 6.60. The largest absolute Gasteiger partial charge is 0.381 e. The predicted octanol–water partition coefficient (Wildman–Crippen LogP) is 1.56. The number of nitrogens with zero attached hydrogens (tertiary/aromatic N) is 1. The number of amides is 1. The molecule has 1 heterocycles. The van der Waals surface area contributed by atoms with Gasteiger partial charge in [-0.3, -0.25) is 4.79 Å². The van der Waals surface area contributed by atoms with Gasteiger partial charge in [0.15, 0.2) is 0 Å². The summed E-state index contributed by atoms with van der Waals surface area (Å²) in [6, 6.07) is 0.182. The van der Waals surface area contributed by atoms with Crippen molar-refractivity contribution in [2.75, 3.05) is 20.2 Å². The monoisotopic (exact) mass is 276 g/mol. The number of piperidine rings is 1. The van der Waals surface area contributed by atoms with E-state index in [-0.39, 0.29) is 24.6 Å². The van der Waals surface area contributed by atoms with Gasteiger partial charge in [0.25, 0.3) is 0 Å². The summed E-state index contributed by atoms with van der Waals surface area (Å²) in [6.45, 7) is 1.36. The first kappa shape index (κ1) is 15.7. The zero-order valence-electron chi connectivity index (χ0n) is 11.1. The first-order valence-corrected chi connectivity index (χ1v) is 6.77. The van der Waals surface area contributed by atoms with Crippen molar-refractivity contribution in [3.05, 3.63) is 0 Å². The van der Waals surface area contributed by atoms with Crippen LogP contribution in [0.5, 0.6) is 0 Å². The van der Waals surface area contributed by atoms with Gasteiger partial charge in [-0.15, -0.1) is 12.4 Å². The molecule has 2 unspecified atom stereocenters. The zero-order chi connectivity index (χ0) is 12.3. The molecule has 2 aliphatic rings. The molecule has 0 aromatic carbocycles. The minimum absolute atomic E-state index is 0. The maximum atomic E-state index is 12.2. The summed E-state index contributed by atoms with van der Waals surface area (Å²) in [5.41, 5.74) is 5.78. The Morgan fingerprint density at radius 2 is 2.11 bits per heavy atom. The number of hydrogen-bond donors (Lipinski definition) is 1. The number of hydrogen-bond acceptors (Lipinski definition) is 3. The molecule has 0 spiro atoms. The van der Waals surface area contributed by atoms with Crippen LogP contribution in [0.25, 0.3) is 0 Å². The minimum Gasteiger partial charge on any atom is -0.381 e. The van der Waals surface area contributed by atoms with Crippen LogP contribution in [0.1, 0.15) is 38.5 Å². The minimum atomic E-state index is 0. The van der Waals surface area contributed by atoms with Crippen LogP contribution in [-0.4, -0.2) is 43.2 Å². The van der Waals surface area contributed by atoms with E-state index in [4.69, 9.17) is 10.5 Å². The van der Waals surface area contributed by atoms with E-state index in [1.165, 1.54) is 19.3 Å². The van der Waals surface area contributed by atoms with Gasteiger partial charge in [0.05, 0.1) is 6.10 Å². The number of halogens is 1. The Bertz CT molecular complexity index is 272. The molecule has 2 rings (SSSR count). The Morgan fingerprint density at radius 1 is 1.39 bits per heavy atom. The molecule has 0 radical (unpaired) electrons. The Labute approximate surface area is 116 Å². The topological polar surface area (TPSA) is 55.6 Å². The van der Waals surface area contributed by atoms with E-state index in [1.54, 1.807) is 7.11 Å². The van der Waals surface area contributed by atoms with Crippen LogP contribution in [0.4, 0.5) is 0 Å². The third-order valence-corrected chi connectivity index (χ3v) is 4.28. The third-order valence-electron chi connectivity index (χ3n) is 4.28. The molecule has 1 aliphatic heterocycles. The van der Waals surface area contributed by atoms with E-state index in [0.29, 0.717) is 18.4 Å². The van der Waals surface area contributed by atoms with Crippen molar-refractivity contribution < 1.29 is 9.53 Å². The molecule has 1 amide bonds. The van der Waals surface area contributed by atoms with Gasteiger partial charge in [-0.1, -0.05) is 6.42 Å². The second-order valence-corrected chi connectivity index (χ2v) is 5.36. The zero-order valence-corrected chi connectivity index (χ0v) is 12.0. The van der Waals surface area contributed by atoms with Crippen molar-refractivity contribution in [1.82, 2.24) is 4.90 Å². The average Bonchev–Trinajstić information content (AvgIpc) is 2.32. The lowest BCUT2D eigenvalue weighted by molar-refractivity contribution is -0.138. The van der Waals surface area contributed by atoms with Gasteiger partial charge in [0, 0.05) is 32.7 Å². The SMILES string of the molecule is COC1CCN(C(=O)CC2CCC2)C(CN)C1.Cl. The quantitative estimate of drug-likeness (QED) is 0.848. The smallest absolute Gasteiger partial charge is 0.223 e. The van der Waals surface area contributed by atoms with E-state index >= 15 is 0 Å². The number of nitrogens with two attached hydrogens (primary N) is 1. The normalized spacial score (nSPS) is 28.4. The van der Waals surface area contributed by atoms with Gasteiger partial charge in [0.2, 0.25) is 5.91 Å². The van der Waals surface area contributed by atoms with Crippen LogP contribution < -0.4 is 5.73 Å². The molecule has 0 aromatic rings. The average molecular weight is 277 g/mol. The van der Waals surface area contributed by atoms with E-state index < -0.39 is 0 Å². The van der Waals surface area contributed by atoms with Gasteiger partial charge in [-0.2, -0.15) is 0 Å². The summed E-state index contributed by atoms with van der Waals surface area (Å²) < 4.78 is 5.37. The summed E-state index contributed by atoms with van der Waals surface area (Å²) in [4.78, 5) is 14.2. The molecule has 1 saturated carbocycles.